The number of unbranched alkanes of at least 4 members (excludes halogenated alkanes) is 3. The Bertz CT molecular complexity index is 3850. The van der Waals surface area contributed by atoms with Gasteiger partial charge in [-0.3, -0.25) is 58.0 Å². The van der Waals surface area contributed by atoms with Crippen LogP contribution < -0.4 is 47.9 Å². The molecule has 5 atom stereocenters. The van der Waals surface area contributed by atoms with Gasteiger partial charge in [0.2, 0.25) is 17.7 Å². The molecule has 42 heteroatoms. The largest absolute Gasteiger partial charge is 0.481 e. The van der Waals surface area contributed by atoms with Crippen molar-refractivity contribution in [3.05, 3.63) is 94.6 Å². The van der Waals surface area contributed by atoms with Gasteiger partial charge in [0.15, 0.2) is 5.11 Å². The molecule has 0 saturated carbocycles. The third kappa shape index (κ3) is 41.1. The average Bonchev–Trinajstić information content (AvgIpc) is 1.66. The summed E-state index contributed by atoms with van der Waals surface area (Å²) in [7, 11) is 0. The Hall–Kier alpha value is -10.6. The number of benzene rings is 3. The highest BCUT2D eigenvalue weighted by molar-refractivity contribution is 9.10. The molecule has 3 aromatic carbocycles. The van der Waals surface area contributed by atoms with Crippen LogP contribution in [0, 0.1) is 0 Å². The van der Waals surface area contributed by atoms with Crippen molar-refractivity contribution in [3.63, 3.8) is 0 Å². The second-order valence-corrected chi connectivity index (χ2v) is 28.5. The van der Waals surface area contributed by atoms with Gasteiger partial charge in [-0.25, -0.2) is 28.7 Å². The van der Waals surface area contributed by atoms with Crippen LogP contribution in [0.25, 0.3) is 11.3 Å². The Morgan fingerprint density at radius 2 is 1.00 bits per heavy atom. The van der Waals surface area contributed by atoms with Gasteiger partial charge in [0, 0.05) is 106 Å². The van der Waals surface area contributed by atoms with Crippen LogP contribution in [0.2, 0.25) is 0 Å². The first-order valence-electron chi connectivity index (χ1n) is 37.8. The van der Waals surface area contributed by atoms with E-state index in [2.05, 4.69) is 74.1 Å². The number of hydrogen-bond acceptors (Lipinski definition) is 23. The minimum atomic E-state index is -1.54. The Balaban J connectivity index is 1.04. The normalized spacial score (nSPS) is 14.8. The Morgan fingerprint density at radius 1 is 0.483 bits per heavy atom. The van der Waals surface area contributed by atoms with Gasteiger partial charge in [0.25, 0.3) is 0 Å². The first-order chi connectivity index (χ1) is 55.5. The number of anilines is 2. The van der Waals surface area contributed by atoms with Gasteiger partial charge in [0.1, 0.15) is 29.9 Å². The summed E-state index contributed by atoms with van der Waals surface area (Å²) in [6.07, 6.45) is 3.31. The minimum absolute atomic E-state index is 0.0344. The maximum absolute atomic E-state index is 13.9. The van der Waals surface area contributed by atoms with E-state index in [4.69, 9.17) is 31.5 Å². The number of carboxylic acids is 8. The van der Waals surface area contributed by atoms with Crippen LogP contribution >= 0.6 is 28.1 Å². The van der Waals surface area contributed by atoms with Crippen LogP contribution in [0.1, 0.15) is 88.2 Å². The van der Waals surface area contributed by atoms with E-state index in [1.807, 2.05) is 24.3 Å². The highest BCUT2D eigenvalue weighted by Gasteiger charge is 2.31. The Morgan fingerprint density at radius 3 is 1.59 bits per heavy atom. The number of ether oxygens (including phenoxy) is 3. The molecule has 1 fully saturated rings. The molecule has 1 saturated heterocycles. The van der Waals surface area contributed by atoms with E-state index >= 15 is 0 Å². The van der Waals surface area contributed by atoms with Gasteiger partial charge < -0.3 is 103 Å². The van der Waals surface area contributed by atoms with E-state index < -0.39 is 128 Å². The standard InChI is InChI=1S/C74H105BrN16O24S/c75-52-17-13-50(14-18-52)41-62(93)76-24-4-2-11-57(69(105)106)82-68(104)56(10-1-6-26-78-74(116)80-53-19-15-49(16-20-53)40-55-43-89(47-66(100)101)30-29-87(45-64(96)97)27-28-88(46-65(98)99)31-32-90(55)48-67(102)103)81-61(92)23-34-113-36-38-115-39-37-114-35-33-91-44-60(85-86-91)51-8-7-9-54(42-51)79-72(111)77-25-5-3-12-58(70(107)108)83-73(112)84-59(71(109)110)21-22-63(94)95/h7-9,13-20,42,44,55-59H,1-6,10-12,21-41,43,45-48H2,(H,76,93)(H,81,92)(H,82,104)(H,94,95)(H,96,97)(H,98,99)(H,100,101)(H,102,103)(H,105,106)(H,107,108)(H,109,110)(H2,77,79,111)(H2,78,80,116)(H2,83,84,112). The molecule has 0 bridgehead atoms. The summed E-state index contributed by atoms with van der Waals surface area (Å²) in [4.78, 5) is 166. The first-order valence-corrected chi connectivity index (χ1v) is 39.0. The van der Waals surface area contributed by atoms with Gasteiger partial charge in [-0.05, 0) is 130 Å². The molecular formula is C74H105BrN16O24S. The van der Waals surface area contributed by atoms with E-state index in [0.29, 0.717) is 67.8 Å². The molecule has 5 unspecified atom stereocenters. The lowest BCUT2D eigenvalue weighted by Crippen LogP contribution is -2.53. The molecule has 40 nitrogen and oxygen atoms in total. The van der Waals surface area contributed by atoms with Gasteiger partial charge >= 0.3 is 59.8 Å². The van der Waals surface area contributed by atoms with Crippen LogP contribution in [-0.2, 0) is 86.3 Å². The summed E-state index contributed by atoms with van der Waals surface area (Å²) in [5, 5.41) is 110. The number of thiocarbonyl (C=S) groups is 1. The number of urea groups is 2. The van der Waals surface area contributed by atoms with Crippen molar-refractivity contribution in [1.29, 1.82) is 0 Å². The van der Waals surface area contributed by atoms with Crippen LogP contribution in [0.15, 0.2) is 83.5 Å². The molecule has 1 aliphatic heterocycles. The fourth-order valence-corrected chi connectivity index (χ4v) is 12.5. The Labute approximate surface area is 682 Å². The van der Waals surface area contributed by atoms with Crippen LogP contribution in [0.5, 0.6) is 0 Å². The van der Waals surface area contributed by atoms with E-state index in [0.717, 1.165) is 15.6 Å². The smallest absolute Gasteiger partial charge is 0.326 e. The van der Waals surface area contributed by atoms with Crippen molar-refractivity contribution >= 4 is 122 Å². The van der Waals surface area contributed by atoms with Gasteiger partial charge in [-0.15, -0.1) is 5.10 Å². The predicted molar refractivity (Wildman–Crippen MR) is 424 cm³/mol. The number of nitrogens with zero attached hydrogens (tertiary/aromatic N) is 7. The summed E-state index contributed by atoms with van der Waals surface area (Å²) in [6, 6.07) is 13.7. The third-order valence-corrected chi connectivity index (χ3v) is 18.7. The second kappa shape index (κ2) is 53.5. The molecule has 7 amide bonds. The monoisotopic (exact) mass is 1710 g/mol. The molecule has 5 rings (SSSR count). The zero-order valence-electron chi connectivity index (χ0n) is 64.2. The predicted octanol–water partition coefficient (Wildman–Crippen LogP) is 1.72. The lowest BCUT2D eigenvalue weighted by molar-refractivity contribution is -0.142. The van der Waals surface area contributed by atoms with E-state index in [1.165, 1.54) is 0 Å². The molecule has 17 N–H and O–H groups in total. The highest BCUT2D eigenvalue weighted by Crippen LogP contribution is 2.22. The Kier molecular flexibility index (Phi) is 44.3. The number of carbonyl (C=O) groups is 13. The van der Waals surface area contributed by atoms with Crippen molar-refractivity contribution in [3.8, 4) is 11.3 Å². The first kappa shape index (κ1) is 96.0. The molecule has 2 heterocycles. The number of halogens is 1. The number of hydrogen-bond donors (Lipinski definition) is 17. The SMILES string of the molecule is O=C(O)CCC(NC(=O)NC(CCCCNC(=O)Nc1cccc(-c2cn(CCOCCOCCOCCC(=O)NC(CCCCNC(=S)Nc3ccc(CC4CN(CC(=O)O)CCN(CC(=O)O)CCN(CC(=O)O)CCN4CC(=O)O)cc3)C(=O)NC(CCCCNC(=O)Cc3ccc(Br)cc3)C(=O)O)nn2)c1)C(=O)O)C(=O)O. The molecule has 0 aliphatic carbocycles. The zero-order chi connectivity index (χ0) is 84.7. The van der Waals surface area contributed by atoms with Gasteiger partial charge in [-0.2, -0.15) is 0 Å². The molecule has 116 heavy (non-hydrogen) atoms. The molecule has 638 valence electrons. The fourth-order valence-electron chi connectivity index (χ4n) is 12.0. The summed E-state index contributed by atoms with van der Waals surface area (Å²) in [6.45, 7) is 1.48. The molecule has 0 radical (unpaired) electrons. The summed E-state index contributed by atoms with van der Waals surface area (Å²) >= 11 is 8.97. The summed E-state index contributed by atoms with van der Waals surface area (Å²) in [5.41, 5.74) is 3.76. The van der Waals surface area contributed by atoms with Crippen molar-refractivity contribution in [2.75, 3.05) is 142 Å². The lowest BCUT2D eigenvalue weighted by Gasteiger charge is -2.37. The summed E-state index contributed by atoms with van der Waals surface area (Å²) < 4.78 is 19.4. The summed E-state index contributed by atoms with van der Waals surface area (Å²) in [5.74, 6) is -11.3. The van der Waals surface area contributed by atoms with E-state index in [1.54, 1.807) is 79.0 Å². The van der Waals surface area contributed by atoms with Crippen molar-refractivity contribution in [2.45, 2.75) is 127 Å². The van der Waals surface area contributed by atoms with Crippen LogP contribution in [0.4, 0.5) is 21.0 Å². The van der Waals surface area contributed by atoms with Crippen molar-refractivity contribution in [2.24, 2.45) is 0 Å². The van der Waals surface area contributed by atoms with E-state index in [-0.39, 0.29) is 168 Å². The quantitative estimate of drug-likeness (QED) is 0.0221. The highest BCUT2D eigenvalue weighted by atomic mass is 79.9. The zero-order valence-corrected chi connectivity index (χ0v) is 66.6. The topological polar surface area (TPSA) is 563 Å². The maximum Gasteiger partial charge on any atom is 0.326 e. The number of amides is 7. The number of carbonyl (C=O) groups excluding carboxylic acids is 5. The number of nitrogens with one attached hydrogen (secondary N) is 9. The average molecular weight is 1710 g/mol. The molecule has 0 spiro atoms. The maximum atomic E-state index is 13.9. The molecule has 1 aliphatic rings. The van der Waals surface area contributed by atoms with Gasteiger partial charge in [-0.1, -0.05) is 57.5 Å². The molecular weight excluding hydrogens is 1610 g/mol. The minimum Gasteiger partial charge on any atom is -0.481 e. The number of aromatic nitrogens is 3. The molecule has 1 aromatic heterocycles. The molecule has 4 aromatic rings. The number of aliphatic carboxylic acids is 8. The van der Waals surface area contributed by atoms with Crippen molar-refractivity contribution < 1.29 is 117 Å². The number of carboxylic acid groups (broad SMARTS) is 8. The van der Waals surface area contributed by atoms with Crippen LogP contribution in [-0.4, -0.2) is 320 Å². The fraction of sp³-hybridized carbons (Fsp3) is 0.541. The van der Waals surface area contributed by atoms with E-state index in [9.17, 15) is 98.1 Å². The lowest BCUT2D eigenvalue weighted by atomic mass is 10.0. The third-order valence-electron chi connectivity index (χ3n) is 17.9. The van der Waals surface area contributed by atoms with Crippen molar-refractivity contribution in [1.82, 2.24) is 71.8 Å². The van der Waals surface area contributed by atoms with Crippen LogP contribution in [0.3, 0.4) is 0 Å². The van der Waals surface area contributed by atoms with Gasteiger partial charge in [0.05, 0.1) is 85.0 Å². The second-order valence-electron chi connectivity index (χ2n) is 27.2. The number of rotatable bonds is 53.